The van der Waals surface area contributed by atoms with Crippen molar-refractivity contribution in [2.45, 2.75) is 38.8 Å². The zero-order valence-corrected chi connectivity index (χ0v) is 13.1. The van der Waals surface area contributed by atoms with E-state index in [1.54, 1.807) is 6.07 Å². The number of aliphatic hydroxyl groups excluding tert-OH is 1. The Morgan fingerprint density at radius 2 is 2.00 bits per heavy atom. The van der Waals surface area contributed by atoms with Crippen LogP contribution >= 0.6 is 0 Å². The number of hydrogen-bond acceptors (Lipinski definition) is 3. The number of likely N-dealkylation sites (tertiary alicyclic amines) is 1. The van der Waals surface area contributed by atoms with Crippen LogP contribution in [0.25, 0.3) is 0 Å². The van der Waals surface area contributed by atoms with Crippen molar-refractivity contribution in [3.8, 4) is 0 Å². The van der Waals surface area contributed by atoms with Crippen LogP contribution in [0.5, 0.6) is 0 Å². The Labute approximate surface area is 127 Å². The Morgan fingerprint density at radius 3 is 2.62 bits per heavy atom. The first-order valence-corrected chi connectivity index (χ1v) is 8.00. The van der Waals surface area contributed by atoms with E-state index in [-0.39, 0.29) is 18.0 Å². The molecule has 2 N–H and O–H groups in total. The molecule has 0 bridgehead atoms. The number of hydrogen-bond donors (Lipinski definition) is 2. The van der Waals surface area contributed by atoms with E-state index in [1.807, 2.05) is 12.1 Å². The molecule has 2 unspecified atom stereocenters. The third-order valence-electron chi connectivity index (χ3n) is 4.34. The van der Waals surface area contributed by atoms with Crippen molar-refractivity contribution < 1.29 is 9.50 Å². The molecule has 1 aromatic rings. The van der Waals surface area contributed by atoms with Crippen LogP contribution in [0.3, 0.4) is 0 Å². The molecule has 0 aliphatic carbocycles. The summed E-state index contributed by atoms with van der Waals surface area (Å²) in [5, 5.41) is 13.0. The van der Waals surface area contributed by atoms with Gasteiger partial charge >= 0.3 is 0 Å². The Balaban J connectivity index is 2.02. The number of halogens is 1. The second kappa shape index (κ2) is 7.87. The number of rotatable bonds is 6. The number of benzene rings is 1. The van der Waals surface area contributed by atoms with Gasteiger partial charge in [-0.2, -0.15) is 0 Å². The molecule has 118 valence electrons. The minimum Gasteiger partial charge on any atom is -0.393 e. The molecule has 1 aromatic carbocycles. The highest BCUT2D eigenvalue weighted by molar-refractivity contribution is 5.22. The Bertz CT molecular complexity index is 433. The van der Waals surface area contributed by atoms with Gasteiger partial charge in [0.2, 0.25) is 0 Å². The average molecular weight is 294 g/mol. The summed E-state index contributed by atoms with van der Waals surface area (Å²) < 4.78 is 14.1. The van der Waals surface area contributed by atoms with Gasteiger partial charge in [-0.25, -0.2) is 4.39 Å². The van der Waals surface area contributed by atoms with E-state index >= 15 is 0 Å². The van der Waals surface area contributed by atoms with Crippen LogP contribution in [0.15, 0.2) is 24.3 Å². The molecule has 0 radical (unpaired) electrons. The van der Waals surface area contributed by atoms with Crippen LogP contribution < -0.4 is 5.32 Å². The molecule has 0 spiro atoms. The van der Waals surface area contributed by atoms with Crippen LogP contribution in [0.2, 0.25) is 0 Å². The van der Waals surface area contributed by atoms with Gasteiger partial charge in [0.25, 0.3) is 0 Å². The Kier molecular flexibility index (Phi) is 6.15. The lowest BCUT2D eigenvalue weighted by Gasteiger charge is -2.34. The van der Waals surface area contributed by atoms with Crippen molar-refractivity contribution in [1.29, 1.82) is 0 Å². The Hall–Kier alpha value is -0.970. The molecular weight excluding hydrogens is 267 g/mol. The van der Waals surface area contributed by atoms with Crippen molar-refractivity contribution in [2.24, 2.45) is 5.92 Å². The van der Waals surface area contributed by atoms with Crippen molar-refractivity contribution >= 4 is 0 Å². The van der Waals surface area contributed by atoms with E-state index in [1.165, 1.54) is 6.07 Å². The first kappa shape index (κ1) is 16.4. The standard InChI is InChI=1S/C17H27FN2O/c1-3-19-17(15-6-4-5-7-16(15)18)13(2)12-20-10-8-14(21)9-11-20/h4-7,13-14,17,19,21H,3,8-12H2,1-2H3. The third kappa shape index (κ3) is 4.50. The van der Waals surface area contributed by atoms with E-state index in [4.69, 9.17) is 0 Å². The smallest absolute Gasteiger partial charge is 0.127 e. The van der Waals surface area contributed by atoms with Crippen molar-refractivity contribution in [1.82, 2.24) is 10.2 Å². The predicted molar refractivity (Wildman–Crippen MR) is 83.7 cm³/mol. The molecule has 2 atom stereocenters. The zero-order chi connectivity index (χ0) is 15.2. The van der Waals surface area contributed by atoms with Crippen molar-refractivity contribution in [3.05, 3.63) is 35.6 Å². The quantitative estimate of drug-likeness (QED) is 0.846. The van der Waals surface area contributed by atoms with Crippen LogP contribution in [-0.2, 0) is 0 Å². The molecule has 3 nitrogen and oxygen atoms in total. The van der Waals surface area contributed by atoms with Crippen molar-refractivity contribution in [2.75, 3.05) is 26.2 Å². The second-order valence-electron chi connectivity index (χ2n) is 6.07. The fourth-order valence-electron chi connectivity index (χ4n) is 3.18. The zero-order valence-electron chi connectivity index (χ0n) is 13.1. The van der Waals surface area contributed by atoms with Crippen molar-refractivity contribution in [3.63, 3.8) is 0 Å². The molecule has 1 saturated heterocycles. The highest BCUT2D eigenvalue weighted by Gasteiger charge is 2.25. The van der Waals surface area contributed by atoms with Crippen LogP contribution in [0, 0.1) is 11.7 Å². The van der Waals surface area contributed by atoms with Gasteiger partial charge in [-0.3, -0.25) is 0 Å². The highest BCUT2D eigenvalue weighted by Crippen LogP contribution is 2.26. The molecule has 0 aromatic heterocycles. The summed E-state index contributed by atoms with van der Waals surface area (Å²) in [6, 6.07) is 7.07. The van der Waals surface area contributed by atoms with Crippen LogP contribution in [0.4, 0.5) is 4.39 Å². The number of aliphatic hydroxyl groups is 1. The molecule has 1 aliphatic heterocycles. The summed E-state index contributed by atoms with van der Waals surface area (Å²) in [6.07, 6.45) is 1.55. The summed E-state index contributed by atoms with van der Waals surface area (Å²) in [4.78, 5) is 2.38. The lowest BCUT2D eigenvalue weighted by Crippen LogP contribution is -2.41. The van der Waals surface area contributed by atoms with Gasteiger partial charge in [-0.1, -0.05) is 32.0 Å². The first-order chi connectivity index (χ1) is 10.1. The average Bonchev–Trinajstić information content (AvgIpc) is 2.48. The summed E-state index contributed by atoms with van der Waals surface area (Å²) in [5.74, 6) is 0.182. The molecule has 0 amide bonds. The molecule has 4 heteroatoms. The minimum absolute atomic E-state index is 0.0306. The van der Waals surface area contributed by atoms with E-state index in [2.05, 4.69) is 24.1 Å². The first-order valence-electron chi connectivity index (χ1n) is 8.00. The molecule has 1 aliphatic rings. The molecule has 1 heterocycles. The summed E-state index contributed by atoms with van der Waals surface area (Å²) in [7, 11) is 0. The maximum Gasteiger partial charge on any atom is 0.127 e. The molecule has 0 saturated carbocycles. The summed E-state index contributed by atoms with van der Waals surface area (Å²) in [5.41, 5.74) is 0.754. The fraction of sp³-hybridized carbons (Fsp3) is 0.647. The second-order valence-corrected chi connectivity index (χ2v) is 6.07. The van der Waals surface area contributed by atoms with E-state index in [9.17, 15) is 9.50 Å². The minimum atomic E-state index is -0.146. The Morgan fingerprint density at radius 1 is 1.33 bits per heavy atom. The highest BCUT2D eigenvalue weighted by atomic mass is 19.1. The lowest BCUT2D eigenvalue weighted by atomic mass is 9.92. The lowest BCUT2D eigenvalue weighted by molar-refractivity contribution is 0.0725. The number of nitrogens with one attached hydrogen (secondary N) is 1. The van der Waals surface area contributed by atoms with Gasteiger partial charge in [0.05, 0.1) is 6.10 Å². The molecular formula is C17H27FN2O. The SMILES string of the molecule is CCNC(c1ccccc1F)C(C)CN1CCC(O)CC1. The van der Waals surface area contributed by atoms with Crippen LogP contribution in [0.1, 0.15) is 38.3 Å². The van der Waals surface area contributed by atoms with E-state index < -0.39 is 0 Å². The largest absolute Gasteiger partial charge is 0.393 e. The topological polar surface area (TPSA) is 35.5 Å². The predicted octanol–water partition coefficient (Wildman–Crippen LogP) is 2.57. The third-order valence-corrected chi connectivity index (χ3v) is 4.34. The molecule has 1 fully saturated rings. The number of piperidine rings is 1. The monoisotopic (exact) mass is 294 g/mol. The van der Waals surface area contributed by atoms with Gasteiger partial charge in [-0.05, 0) is 31.4 Å². The van der Waals surface area contributed by atoms with Gasteiger partial charge in [0.15, 0.2) is 0 Å². The van der Waals surface area contributed by atoms with Gasteiger partial charge in [-0.15, -0.1) is 0 Å². The van der Waals surface area contributed by atoms with Gasteiger partial charge in [0, 0.05) is 31.2 Å². The summed E-state index contributed by atoms with van der Waals surface area (Å²) >= 11 is 0. The maximum atomic E-state index is 14.1. The van der Waals surface area contributed by atoms with Gasteiger partial charge < -0.3 is 15.3 Å². The van der Waals surface area contributed by atoms with E-state index in [0.717, 1.165) is 44.6 Å². The normalized spacial score (nSPS) is 20.4. The fourth-order valence-corrected chi connectivity index (χ4v) is 3.18. The van der Waals surface area contributed by atoms with Gasteiger partial charge in [0.1, 0.15) is 5.82 Å². The molecule has 21 heavy (non-hydrogen) atoms. The van der Waals surface area contributed by atoms with E-state index in [0.29, 0.717) is 5.92 Å². The van der Waals surface area contributed by atoms with Crippen LogP contribution in [-0.4, -0.2) is 42.3 Å². The maximum absolute atomic E-state index is 14.1. The number of nitrogens with zero attached hydrogens (tertiary/aromatic N) is 1. The summed E-state index contributed by atoms with van der Waals surface area (Å²) in [6.45, 7) is 7.84. The molecule has 2 rings (SSSR count).